The fourth-order valence-corrected chi connectivity index (χ4v) is 4.53. The highest BCUT2D eigenvalue weighted by molar-refractivity contribution is 7.91. The van der Waals surface area contributed by atoms with E-state index in [9.17, 15) is 13.2 Å². The van der Waals surface area contributed by atoms with Gasteiger partial charge in [0, 0.05) is 6.42 Å². The molecule has 0 spiro atoms. The van der Waals surface area contributed by atoms with Gasteiger partial charge in [0.2, 0.25) is 11.7 Å². The smallest absolute Gasteiger partial charge is 0.221 e. The summed E-state index contributed by atoms with van der Waals surface area (Å²) in [5, 5.41) is 9.39. The number of carbonyl (C=O) groups is 1. The molecule has 0 aliphatic heterocycles. The van der Waals surface area contributed by atoms with Gasteiger partial charge < -0.3 is 9.73 Å². The maximum atomic E-state index is 12.5. The van der Waals surface area contributed by atoms with Gasteiger partial charge in [0.25, 0.3) is 0 Å². The average molecular weight is 400 g/mol. The standard InChI is InChI=1S/C19H20N4O4S/c24-18(20-12-17-21-19(23-22-17)16-5-2-9-27-16)8-10-28(25,26)15-7-6-13-3-1-4-14(13)11-15/h2,5-7,9,11H,1,3-4,8,10,12H2,(H,20,24)(H,21,22,23). The summed E-state index contributed by atoms with van der Waals surface area (Å²) in [5.41, 5.74) is 2.32. The molecule has 0 unspecified atom stereocenters. The second-order valence-electron chi connectivity index (χ2n) is 6.71. The lowest BCUT2D eigenvalue weighted by Crippen LogP contribution is -2.25. The van der Waals surface area contributed by atoms with E-state index in [0.29, 0.717) is 22.3 Å². The van der Waals surface area contributed by atoms with Crippen LogP contribution in [0.5, 0.6) is 0 Å². The first-order valence-electron chi connectivity index (χ1n) is 9.08. The summed E-state index contributed by atoms with van der Waals surface area (Å²) in [6, 6.07) is 8.74. The maximum Gasteiger partial charge on any atom is 0.221 e. The van der Waals surface area contributed by atoms with E-state index in [0.717, 1.165) is 24.8 Å². The Bertz CT molecular complexity index is 1090. The van der Waals surface area contributed by atoms with E-state index in [1.165, 1.54) is 11.8 Å². The van der Waals surface area contributed by atoms with Gasteiger partial charge in [0.15, 0.2) is 15.6 Å². The van der Waals surface area contributed by atoms with Crippen LogP contribution < -0.4 is 5.32 Å². The van der Waals surface area contributed by atoms with E-state index in [1.807, 2.05) is 6.07 Å². The molecule has 8 nitrogen and oxygen atoms in total. The number of amides is 1. The number of H-pyrrole nitrogens is 1. The Morgan fingerprint density at radius 2 is 2.07 bits per heavy atom. The Labute approximate surface area is 162 Å². The largest absolute Gasteiger partial charge is 0.461 e. The van der Waals surface area contributed by atoms with Crippen molar-refractivity contribution in [3.8, 4) is 11.6 Å². The van der Waals surface area contributed by atoms with Gasteiger partial charge in [-0.2, -0.15) is 0 Å². The van der Waals surface area contributed by atoms with E-state index in [1.54, 1.807) is 24.3 Å². The van der Waals surface area contributed by atoms with Gasteiger partial charge in [-0.3, -0.25) is 9.89 Å². The number of benzene rings is 1. The van der Waals surface area contributed by atoms with Crippen LogP contribution in [0.15, 0.2) is 45.9 Å². The third-order valence-corrected chi connectivity index (χ3v) is 6.47. The molecule has 3 aromatic rings. The van der Waals surface area contributed by atoms with Crippen LogP contribution in [0.25, 0.3) is 11.6 Å². The van der Waals surface area contributed by atoms with Gasteiger partial charge >= 0.3 is 0 Å². The molecule has 0 fully saturated rings. The van der Waals surface area contributed by atoms with Crippen molar-refractivity contribution < 1.29 is 17.6 Å². The van der Waals surface area contributed by atoms with Gasteiger partial charge in [0.1, 0.15) is 5.82 Å². The topological polar surface area (TPSA) is 118 Å². The molecule has 0 atom stereocenters. The number of hydrogen-bond acceptors (Lipinski definition) is 6. The van der Waals surface area contributed by atoms with Crippen molar-refractivity contribution in [2.45, 2.75) is 37.1 Å². The van der Waals surface area contributed by atoms with Crippen LogP contribution >= 0.6 is 0 Å². The molecular formula is C19H20N4O4S. The number of furan rings is 1. The summed E-state index contributed by atoms with van der Waals surface area (Å²) in [6.45, 7) is 0.130. The summed E-state index contributed by atoms with van der Waals surface area (Å²) in [6.07, 6.45) is 4.38. The number of aryl methyl sites for hydroxylation is 2. The SMILES string of the molecule is O=C(CCS(=O)(=O)c1ccc2c(c1)CCC2)NCc1nc(-c2ccco2)n[nH]1. The Balaban J connectivity index is 1.30. The molecule has 1 aliphatic carbocycles. The lowest BCUT2D eigenvalue weighted by molar-refractivity contribution is -0.120. The van der Waals surface area contributed by atoms with Crippen LogP contribution in [0.4, 0.5) is 0 Å². The first-order chi connectivity index (χ1) is 13.5. The lowest BCUT2D eigenvalue weighted by Gasteiger charge is -2.07. The number of nitrogens with one attached hydrogen (secondary N) is 2. The monoisotopic (exact) mass is 400 g/mol. The van der Waals surface area contributed by atoms with E-state index in [2.05, 4.69) is 20.5 Å². The van der Waals surface area contributed by atoms with Crippen LogP contribution in [0.2, 0.25) is 0 Å². The number of carbonyl (C=O) groups excluding carboxylic acids is 1. The molecule has 4 rings (SSSR count). The molecule has 9 heteroatoms. The molecule has 1 aliphatic rings. The first-order valence-corrected chi connectivity index (χ1v) is 10.7. The number of sulfone groups is 1. The predicted octanol–water partition coefficient (Wildman–Crippen LogP) is 2.03. The fourth-order valence-electron chi connectivity index (χ4n) is 3.25. The van der Waals surface area contributed by atoms with Gasteiger partial charge in [-0.05, 0) is 54.7 Å². The Kier molecular flexibility index (Phi) is 4.99. The summed E-state index contributed by atoms with van der Waals surface area (Å²) < 4.78 is 30.3. The number of aromatic amines is 1. The molecule has 1 aromatic carbocycles. The second kappa shape index (κ2) is 7.59. The van der Waals surface area contributed by atoms with Crippen molar-refractivity contribution in [1.82, 2.24) is 20.5 Å². The minimum absolute atomic E-state index is 0.113. The molecule has 2 aromatic heterocycles. The zero-order valence-corrected chi connectivity index (χ0v) is 16.0. The van der Waals surface area contributed by atoms with Gasteiger partial charge in [-0.25, -0.2) is 13.4 Å². The molecular weight excluding hydrogens is 380 g/mol. The van der Waals surface area contributed by atoms with Crippen molar-refractivity contribution in [2.75, 3.05) is 5.75 Å². The van der Waals surface area contributed by atoms with Crippen molar-refractivity contribution in [1.29, 1.82) is 0 Å². The van der Waals surface area contributed by atoms with Crippen molar-refractivity contribution in [2.24, 2.45) is 0 Å². The Hall–Kier alpha value is -2.94. The van der Waals surface area contributed by atoms with E-state index >= 15 is 0 Å². The van der Waals surface area contributed by atoms with E-state index < -0.39 is 9.84 Å². The minimum atomic E-state index is -3.49. The minimum Gasteiger partial charge on any atom is -0.461 e. The van der Waals surface area contributed by atoms with Crippen molar-refractivity contribution in [3.63, 3.8) is 0 Å². The van der Waals surface area contributed by atoms with Crippen LogP contribution in [0, 0.1) is 0 Å². The number of aromatic nitrogens is 3. The third-order valence-electron chi connectivity index (χ3n) is 4.75. The highest BCUT2D eigenvalue weighted by Gasteiger charge is 2.20. The number of rotatable bonds is 7. The molecule has 0 saturated heterocycles. The summed E-state index contributed by atoms with van der Waals surface area (Å²) in [4.78, 5) is 16.6. The fraction of sp³-hybridized carbons (Fsp3) is 0.316. The van der Waals surface area contributed by atoms with Gasteiger partial charge in [-0.15, -0.1) is 5.10 Å². The summed E-state index contributed by atoms with van der Waals surface area (Å²) in [7, 11) is -3.49. The molecule has 0 radical (unpaired) electrons. The van der Waals surface area contributed by atoms with Gasteiger partial charge in [-0.1, -0.05) is 6.07 Å². The van der Waals surface area contributed by atoms with E-state index in [-0.39, 0.29) is 24.6 Å². The Morgan fingerprint density at radius 3 is 2.89 bits per heavy atom. The highest BCUT2D eigenvalue weighted by Crippen LogP contribution is 2.25. The second-order valence-corrected chi connectivity index (χ2v) is 8.82. The first kappa shape index (κ1) is 18.4. The zero-order valence-electron chi connectivity index (χ0n) is 15.1. The highest BCUT2D eigenvalue weighted by atomic mass is 32.2. The van der Waals surface area contributed by atoms with Gasteiger partial charge in [0.05, 0.1) is 23.5 Å². The number of fused-ring (bicyclic) bond motifs is 1. The average Bonchev–Trinajstić information content (AvgIpc) is 3.45. The van der Waals surface area contributed by atoms with Crippen molar-refractivity contribution in [3.05, 3.63) is 53.5 Å². The van der Waals surface area contributed by atoms with E-state index in [4.69, 9.17) is 4.42 Å². The van der Waals surface area contributed by atoms with Crippen LogP contribution in [-0.4, -0.2) is 35.3 Å². The zero-order chi connectivity index (χ0) is 19.6. The normalized spacial score (nSPS) is 13.4. The molecule has 0 saturated carbocycles. The number of nitrogens with zero attached hydrogens (tertiary/aromatic N) is 2. The summed E-state index contributed by atoms with van der Waals surface area (Å²) >= 11 is 0. The third kappa shape index (κ3) is 3.99. The predicted molar refractivity (Wildman–Crippen MR) is 101 cm³/mol. The van der Waals surface area contributed by atoms with Crippen molar-refractivity contribution >= 4 is 15.7 Å². The molecule has 2 N–H and O–H groups in total. The molecule has 2 heterocycles. The van der Waals surface area contributed by atoms with Crippen LogP contribution in [0.1, 0.15) is 29.8 Å². The maximum absolute atomic E-state index is 12.5. The quantitative estimate of drug-likeness (QED) is 0.627. The van der Waals surface area contributed by atoms with Crippen LogP contribution in [0.3, 0.4) is 0 Å². The Morgan fingerprint density at radius 1 is 1.21 bits per heavy atom. The molecule has 0 bridgehead atoms. The molecule has 146 valence electrons. The van der Waals surface area contributed by atoms with Crippen LogP contribution in [-0.2, 0) is 34.0 Å². The molecule has 1 amide bonds. The molecule has 28 heavy (non-hydrogen) atoms. The lowest BCUT2D eigenvalue weighted by atomic mass is 10.1. The number of hydrogen-bond donors (Lipinski definition) is 2. The summed E-state index contributed by atoms with van der Waals surface area (Å²) in [5.74, 6) is 0.788.